The lowest BCUT2D eigenvalue weighted by atomic mass is 9.94. The highest BCUT2D eigenvalue weighted by Gasteiger charge is 2.26. The lowest BCUT2D eigenvalue weighted by molar-refractivity contribution is 0.206. The van der Waals surface area contributed by atoms with Crippen LogP contribution in [-0.4, -0.2) is 40.4 Å². The molecule has 5 nitrogen and oxygen atoms in total. The smallest absolute Gasteiger partial charge is 0.148 e. The first-order valence-electron chi connectivity index (χ1n) is 7.17. The van der Waals surface area contributed by atoms with E-state index in [1.165, 1.54) is 11.5 Å². The lowest BCUT2D eigenvalue weighted by Gasteiger charge is -2.35. The summed E-state index contributed by atoms with van der Waals surface area (Å²) in [5.74, 6) is 1.19. The largest absolute Gasteiger partial charge is 0.382 e. The van der Waals surface area contributed by atoms with Crippen molar-refractivity contribution >= 4 is 33.7 Å². The van der Waals surface area contributed by atoms with Crippen molar-refractivity contribution in [3.05, 3.63) is 10.4 Å². The first-order valence-corrected chi connectivity index (χ1v) is 8.82. The molecule has 0 saturated carbocycles. The van der Waals surface area contributed by atoms with Gasteiger partial charge in [0, 0.05) is 18.0 Å². The van der Waals surface area contributed by atoms with E-state index in [9.17, 15) is 0 Å². The Kier molecular flexibility index (Phi) is 4.14. The number of hydrogen-bond acceptors (Lipinski definition) is 7. The van der Waals surface area contributed by atoms with Crippen molar-refractivity contribution < 1.29 is 0 Å². The van der Waals surface area contributed by atoms with Crippen molar-refractivity contribution in [2.45, 2.75) is 26.3 Å². The third kappa shape index (κ3) is 3.04. The zero-order valence-electron chi connectivity index (χ0n) is 12.6. The number of nitrogens with zero attached hydrogens (tertiary/aromatic N) is 3. The minimum atomic E-state index is 0.472. The minimum absolute atomic E-state index is 0.472. The SMILES string of the molecule is Cc1nc(-c2c(N)nsc2NC2CCN(C)CC2C)cs1. The fourth-order valence-corrected chi connectivity index (χ4v) is 4.25. The molecule has 114 valence electrons. The number of aromatic nitrogens is 2. The molecule has 2 unspecified atom stereocenters. The van der Waals surface area contributed by atoms with E-state index in [1.807, 2.05) is 6.92 Å². The fraction of sp³-hybridized carbons (Fsp3) is 0.571. The summed E-state index contributed by atoms with van der Waals surface area (Å²) in [5, 5.41) is 7.82. The summed E-state index contributed by atoms with van der Waals surface area (Å²) in [6, 6.07) is 0.472. The van der Waals surface area contributed by atoms with Crippen LogP contribution in [0.3, 0.4) is 0 Å². The standard InChI is InChI=1S/C14H21N5S2/c1-8-6-19(3)5-4-10(8)17-14-12(13(15)18-21-14)11-7-20-9(2)16-11/h7-8,10,17H,4-6H2,1-3H3,(H2,15,18). The molecule has 2 aromatic heterocycles. The second-order valence-corrected chi connectivity index (χ2v) is 7.64. The number of nitrogens with two attached hydrogens (primary N) is 1. The van der Waals surface area contributed by atoms with E-state index < -0.39 is 0 Å². The lowest BCUT2D eigenvalue weighted by Crippen LogP contribution is -2.43. The molecule has 1 aliphatic rings. The second-order valence-electron chi connectivity index (χ2n) is 5.80. The summed E-state index contributed by atoms with van der Waals surface area (Å²) in [6.07, 6.45) is 1.14. The van der Waals surface area contributed by atoms with Gasteiger partial charge in [-0.3, -0.25) is 0 Å². The van der Waals surface area contributed by atoms with Gasteiger partial charge >= 0.3 is 0 Å². The molecular weight excluding hydrogens is 302 g/mol. The topological polar surface area (TPSA) is 67.1 Å². The Morgan fingerprint density at radius 3 is 2.95 bits per heavy atom. The zero-order valence-corrected chi connectivity index (χ0v) is 14.2. The quantitative estimate of drug-likeness (QED) is 0.909. The van der Waals surface area contributed by atoms with Crippen LogP contribution in [0, 0.1) is 12.8 Å². The van der Waals surface area contributed by atoms with Gasteiger partial charge in [-0.2, -0.15) is 4.37 Å². The monoisotopic (exact) mass is 323 g/mol. The Hall–Kier alpha value is -1.18. The molecule has 3 N–H and O–H groups in total. The molecule has 21 heavy (non-hydrogen) atoms. The number of nitrogen functional groups attached to an aromatic ring is 1. The highest BCUT2D eigenvalue weighted by molar-refractivity contribution is 7.11. The van der Waals surface area contributed by atoms with Crippen LogP contribution >= 0.6 is 22.9 Å². The maximum atomic E-state index is 6.06. The normalized spacial score (nSPS) is 23.4. The van der Waals surface area contributed by atoms with Crippen LogP contribution in [0.5, 0.6) is 0 Å². The van der Waals surface area contributed by atoms with E-state index in [0.29, 0.717) is 17.8 Å². The van der Waals surface area contributed by atoms with Gasteiger partial charge in [0.2, 0.25) is 0 Å². The van der Waals surface area contributed by atoms with Gasteiger partial charge in [0.25, 0.3) is 0 Å². The van der Waals surface area contributed by atoms with Crippen molar-refractivity contribution in [1.82, 2.24) is 14.3 Å². The number of rotatable bonds is 3. The van der Waals surface area contributed by atoms with Gasteiger partial charge in [-0.15, -0.1) is 11.3 Å². The molecule has 3 rings (SSSR count). The summed E-state index contributed by atoms with van der Waals surface area (Å²) in [7, 11) is 2.18. The van der Waals surface area contributed by atoms with Gasteiger partial charge in [-0.05, 0) is 44.4 Å². The van der Waals surface area contributed by atoms with Crippen LogP contribution in [0.4, 0.5) is 10.8 Å². The molecule has 1 fully saturated rings. The molecule has 2 aromatic rings. The van der Waals surface area contributed by atoms with E-state index in [1.54, 1.807) is 11.3 Å². The van der Waals surface area contributed by atoms with Gasteiger partial charge in [0.1, 0.15) is 10.8 Å². The minimum Gasteiger partial charge on any atom is -0.382 e. The predicted octanol–water partition coefficient (Wildman–Crippen LogP) is 2.91. The Labute approximate surface area is 133 Å². The van der Waals surface area contributed by atoms with Gasteiger partial charge in [0.15, 0.2) is 0 Å². The molecular formula is C14H21N5S2. The molecule has 0 amide bonds. The van der Waals surface area contributed by atoms with Gasteiger partial charge in [0.05, 0.1) is 16.3 Å². The summed E-state index contributed by atoms with van der Waals surface area (Å²) < 4.78 is 4.32. The van der Waals surface area contributed by atoms with Gasteiger partial charge in [-0.1, -0.05) is 6.92 Å². The van der Waals surface area contributed by atoms with E-state index in [2.05, 4.69) is 38.9 Å². The Bertz CT molecular complexity index is 621. The molecule has 0 bridgehead atoms. The molecule has 0 aromatic carbocycles. The van der Waals surface area contributed by atoms with Crippen molar-refractivity contribution in [2.75, 3.05) is 31.2 Å². The molecule has 2 atom stereocenters. The van der Waals surface area contributed by atoms with Gasteiger partial charge < -0.3 is 16.0 Å². The highest BCUT2D eigenvalue weighted by atomic mass is 32.1. The number of thiazole rings is 1. The zero-order chi connectivity index (χ0) is 15.0. The predicted molar refractivity (Wildman–Crippen MR) is 91.1 cm³/mol. The van der Waals surface area contributed by atoms with Crippen LogP contribution in [0.15, 0.2) is 5.38 Å². The maximum Gasteiger partial charge on any atom is 0.148 e. The Morgan fingerprint density at radius 2 is 2.29 bits per heavy atom. The number of anilines is 2. The van der Waals surface area contributed by atoms with Crippen LogP contribution in [-0.2, 0) is 0 Å². The van der Waals surface area contributed by atoms with Crippen molar-refractivity contribution in [3.63, 3.8) is 0 Å². The molecule has 0 spiro atoms. The summed E-state index contributed by atoms with van der Waals surface area (Å²) in [4.78, 5) is 6.94. The number of aryl methyl sites for hydroxylation is 1. The first-order chi connectivity index (χ1) is 10.0. The Morgan fingerprint density at radius 1 is 1.48 bits per heavy atom. The van der Waals surface area contributed by atoms with Crippen molar-refractivity contribution in [1.29, 1.82) is 0 Å². The third-order valence-corrected chi connectivity index (χ3v) is 5.58. The average molecular weight is 323 g/mol. The summed E-state index contributed by atoms with van der Waals surface area (Å²) in [5.41, 5.74) is 7.97. The maximum absolute atomic E-state index is 6.06. The summed E-state index contributed by atoms with van der Waals surface area (Å²) in [6.45, 7) is 6.55. The van der Waals surface area contributed by atoms with E-state index in [-0.39, 0.29) is 0 Å². The molecule has 1 aliphatic heterocycles. The second kappa shape index (κ2) is 5.90. The molecule has 0 radical (unpaired) electrons. The number of likely N-dealkylation sites (tertiary alicyclic amines) is 1. The van der Waals surface area contributed by atoms with E-state index >= 15 is 0 Å². The molecule has 0 aliphatic carbocycles. The first kappa shape index (κ1) is 14.7. The van der Waals surface area contributed by atoms with Crippen LogP contribution in [0.1, 0.15) is 18.4 Å². The van der Waals surface area contributed by atoms with Crippen molar-refractivity contribution in [3.8, 4) is 11.3 Å². The van der Waals surface area contributed by atoms with Crippen LogP contribution in [0.25, 0.3) is 11.3 Å². The van der Waals surface area contributed by atoms with Crippen LogP contribution < -0.4 is 11.1 Å². The van der Waals surface area contributed by atoms with Crippen molar-refractivity contribution in [2.24, 2.45) is 5.92 Å². The highest BCUT2D eigenvalue weighted by Crippen LogP contribution is 2.38. The number of piperidine rings is 1. The van der Waals surface area contributed by atoms with Crippen LogP contribution in [0.2, 0.25) is 0 Å². The Balaban J connectivity index is 1.83. The van der Waals surface area contributed by atoms with Gasteiger partial charge in [-0.25, -0.2) is 4.98 Å². The number of nitrogens with one attached hydrogen (secondary N) is 1. The molecule has 7 heteroatoms. The molecule has 1 saturated heterocycles. The van der Waals surface area contributed by atoms with E-state index in [0.717, 1.165) is 40.8 Å². The third-order valence-electron chi connectivity index (χ3n) is 4.02. The summed E-state index contributed by atoms with van der Waals surface area (Å²) >= 11 is 3.08. The number of hydrogen-bond donors (Lipinski definition) is 2. The average Bonchev–Trinajstić information content (AvgIpc) is 2.99. The fourth-order valence-electron chi connectivity index (χ4n) is 2.86. The molecule has 3 heterocycles. The van der Waals surface area contributed by atoms with E-state index in [4.69, 9.17) is 5.73 Å².